The van der Waals surface area contributed by atoms with Crippen molar-refractivity contribution in [2.45, 2.75) is 38.3 Å². The number of pyridine rings is 1. The Morgan fingerprint density at radius 2 is 1.91 bits per heavy atom. The summed E-state index contributed by atoms with van der Waals surface area (Å²) >= 11 is 0. The van der Waals surface area contributed by atoms with Gasteiger partial charge in [0.2, 0.25) is 5.88 Å². The monoisotopic (exact) mass is 628 g/mol. The topological polar surface area (TPSA) is 141 Å². The lowest BCUT2D eigenvalue weighted by Gasteiger charge is -2.41. The van der Waals surface area contributed by atoms with Crippen LogP contribution < -0.4 is 14.8 Å². The molecule has 4 aromatic heterocycles. The molecule has 1 N–H and O–H groups in total. The highest BCUT2D eigenvalue weighted by Gasteiger charge is 2.30. The summed E-state index contributed by atoms with van der Waals surface area (Å²) in [6.07, 6.45) is 0.711. The summed E-state index contributed by atoms with van der Waals surface area (Å²) in [6, 6.07) is 13.9. The molecule has 2 aliphatic heterocycles. The summed E-state index contributed by atoms with van der Waals surface area (Å²) in [4.78, 5) is 11.5. The van der Waals surface area contributed by atoms with Crippen molar-refractivity contribution in [3.63, 3.8) is 0 Å². The minimum Gasteiger partial charge on any atom is -0.494 e. The lowest BCUT2D eigenvalue weighted by molar-refractivity contribution is -0.0780. The SMILES string of the molecule is COc1cc2c(cc1Nc1ccc(OC3CCN(C4COC4)CC3)nn1)ncn2-c1ccc(C(F)F)c(-n2nc(C#N)cc2C)n1. The molecular weight excluding hydrogens is 598 g/mol. The number of aromatic nitrogens is 7. The molecule has 0 radical (unpaired) electrons. The molecule has 15 heteroatoms. The van der Waals surface area contributed by atoms with Gasteiger partial charge in [0.1, 0.15) is 30.1 Å². The summed E-state index contributed by atoms with van der Waals surface area (Å²) in [7, 11) is 1.54. The second-order valence-electron chi connectivity index (χ2n) is 11.2. The Hall–Kier alpha value is -5.20. The summed E-state index contributed by atoms with van der Waals surface area (Å²) in [6.45, 7) is 5.27. The van der Waals surface area contributed by atoms with Gasteiger partial charge in [0, 0.05) is 30.9 Å². The molecule has 13 nitrogen and oxygen atoms in total. The number of methoxy groups -OCH3 is 1. The zero-order valence-corrected chi connectivity index (χ0v) is 25.1. The zero-order chi connectivity index (χ0) is 31.8. The number of nitrogens with one attached hydrogen (secondary N) is 1. The molecule has 1 aromatic carbocycles. The second-order valence-corrected chi connectivity index (χ2v) is 11.2. The van der Waals surface area contributed by atoms with Crippen molar-refractivity contribution in [1.82, 2.24) is 39.4 Å². The maximum Gasteiger partial charge on any atom is 0.267 e. The molecule has 2 saturated heterocycles. The zero-order valence-electron chi connectivity index (χ0n) is 25.1. The number of anilines is 2. The van der Waals surface area contributed by atoms with Crippen molar-refractivity contribution in [2.24, 2.45) is 0 Å². The molecule has 2 fully saturated rings. The Morgan fingerprint density at radius 3 is 2.57 bits per heavy atom. The van der Waals surface area contributed by atoms with Crippen LogP contribution in [0.5, 0.6) is 11.6 Å². The number of nitriles is 1. The maximum absolute atomic E-state index is 14.0. The van der Waals surface area contributed by atoms with Crippen molar-refractivity contribution >= 4 is 22.5 Å². The molecule has 0 amide bonds. The van der Waals surface area contributed by atoms with Crippen LogP contribution in [-0.4, -0.2) is 85.0 Å². The first-order chi connectivity index (χ1) is 22.4. The van der Waals surface area contributed by atoms with Gasteiger partial charge in [-0.25, -0.2) is 23.4 Å². The largest absolute Gasteiger partial charge is 0.494 e. The molecule has 0 unspecified atom stereocenters. The normalized spacial score (nSPS) is 16.0. The molecule has 0 spiro atoms. The number of benzene rings is 1. The van der Waals surface area contributed by atoms with Gasteiger partial charge < -0.3 is 19.5 Å². The third-order valence-electron chi connectivity index (χ3n) is 8.25. The van der Waals surface area contributed by atoms with E-state index < -0.39 is 6.43 Å². The molecule has 5 aromatic rings. The third-order valence-corrected chi connectivity index (χ3v) is 8.25. The number of hydrogen-bond donors (Lipinski definition) is 1. The second kappa shape index (κ2) is 12.3. The van der Waals surface area contributed by atoms with Crippen LogP contribution in [0, 0.1) is 18.3 Å². The number of aryl methyl sites for hydroxylation is 1. The molecule has 0 bridgehead atoms. The molecule has 0 saturated carbocycles. The average Bonchev–Trinajstić information content (AvgIpc) is 3.63. The fourth-order valence-corrected chi connectivity index (χ4v) is 5.70. The first kappa shape index (κ1) is 29.5. The van der Waals surface area contributed by atoms with E-state index >= 15 is 0 Å². The van der Waals surface area contributed by atoms with Gasteiger partial charge in [-0.15, -0.1) is 10.2 Å². The minimum absolute atomic E-state index is 0.0705. The lowest BCUT2D eigenvalue weighted by Crippen LogP contribution is -2.52. The summed E-state index contributed by atoms with van der Waals surface area (Å²) in [5.74, 6) is 1.72. The quantitative estimate of drug-likeness (QED) is 0.247. The van der Waals surface area contributed by atoms with Crippen LogP contribution >= 0.6 is 0 Å². The van der Waals surface area contributed by atoms with E-state index in [0.717, 1.165) is 39.1 Å². The Morgan fingerprint density at radius 1 is 1.09 bits per heavy atom. The van der Waals surface area contributed by atoms with Gasteiger partial charge in [-0.1, -0.05) is 0 Å². The molecule has 0 aliphatic carbocycles. The van der Waals surface area contributed by atoms with Crippen LogP contribution in [0.2, 0.25) is 0 Å². The van der Waals surface area contributed by atoms with Gasteiger partial charge in [0.25, 0.3) is 6.43 Å². The third kappa shape index (κ3) is 5.68. The molecule has 7 rings (SSSR count). The predicted octanol–water partition coefficient (Wildman–Crippen LogP) is 4.51. The maximum atomic E-state index is 14.0. The van der Waals surface area contributed by atoms with Crippen LogP contribution in [0.25, 0.3) is 22.7 Å². The summed E-state index contributed by atoms with van der Waals surface area (Å²) in [5.41, 5.74) is 2.12. The van der Waals surface area contributed by atoms with Crippen molar-refractivity contribution in [2.75, 3.05) is 38.7 Å². The van der Waals surface area contributed by atoms with Gasteiger partial charge in [0.05, 0.1) is 48.6 Å². The highest BCUT2D eigenvalue weighted by molar-refractivity contribution is 5.85. The number of rotatable bonds is 9. The molecule has 0 atom stereocenters. The smallest absolute Gasteiger partial charge is 0.267 e. The van der Waals surface area contributed by atoms with Crippen molar-refractivity contribution in [1.29, 1.82) is 5.26 Å². The molecular formula is C31H30F2N10O3. The van der Waals surface area contributed by atoms with Gasteiger partial charge in [-0.05, 0) is 50.1 Å². The van der Waals surface area contributed by atoms with E-state index in [0.29, 0.717) is 51.7 Å². The number of hydrogen-bond acceptors (Lipinski definition) is 11. The van der Waals surface area contributed by atoms with Gasteiger partial charge in [-0.2, -0.15) is 10.4 Å². The van der Waals surface area contributed by atoms with Crippen LogP contribution in [0.15, 0.2) is 48.8 Å². The Kier molecular flexibility index (Phi) is 7.89. The van der Waals surface area contributed by atoms with Crippen LogP contribution in [0.1, 0.15) is 36.2 Å². The molecule has 2 aliphatic rings. The fourth-order valence-electron chi connectivity index (χ4n) is 5.70. The van der Waals surface area contributed by atoms with E-state index in [9.17, 15) is 14.0 Å². The van der Waals surface area contributed by atoms with E-state index in [4.69, 9.17) is 14.2 Å². The number of alkyl halides is 2. The predicted molar refractivity (Wildman–Crippen MR) is 162 cm³/mol. The van der Waals surface area contributed by atoms with Crippen molar-refractivity contribution in [3.8, 4) is 29.3 Å². The number of nitrogens with zero attached hydrogens (tertiary/aromatic N) is 9. The van der Waals surface area contributed by atoms with Crippen LogP contribution in [0.4, 0.5) is 20.3 Å². The van der Waals surface area contributed by atoms with Crippen LogP contribution in [-0.2, 0) is 4.74 Å². The minimum atomic E-state index is -2.80. The Balaban J connectivity index is 1.10. The van der Waals surface area contributed by atoms with Crippen molar-refractivity contribution < 1.29 is 23.0 Å². The highest BCUT2D eigenvalue weighted by Crippen LogP contribution is 2.34. The van der Waals surface area contributed by atoms with E-state index in [1.165, 1.54) is 22.9 Å². The lowest BCUT2D eigenvalue weighted by atomic mass is 10.0. The van der Waals surface area contributed by atoms with Crippen LogP contribution in [0.3, 0.4) is 0 Å². The molecule has 6 heterocycles. The first-order valence-electron chi connectivity index (χ1n) is 14.8. The van der Waals surface area contributed by atoms with Gasteiger partial charge in [0.15, 0.2) is 17.3 Å². The van der Waals surface area contributed by atoms with E-state index in [2.05, 4.69) is 35.5 Å². The number of ether oxygens (including phenoxy) is 3. The number of likely N-dealkylation sites (tertiary alicyclic amines) is 1. The first-order valence-corrected chi connectivity index (χ1v) is 14.8. The Bertz CT molecular complexity index is 1910. The van der Waals surface area contributed by atoms with Crippen molar-refractivity contribution in [3.05, 3.63) is 65.7 Å². The van der Waals surface area contributed by atoms with E-state index in [-0.39, 0.29) is 23.2 Å². The highest BCUT2D eigenvalue weighted by atomic mass is 19.3. The number of piperidine rings is 1. The summed E-state index contributed by atoms with van der Waals surface area (Å²) < 4.78 is 47.9. The van der Waals surface area contributed by atoms with E-state index in [1.807, 2.05) is 6.07 Å². The number of halogens is 2. The van der Waals surface area contributed by atoms with Gasteiger partial charge in [-0.3, -0.25) is 9.47 Å². The fraction of sp³-hybridized carbons (Fsp3) is 0.355. The standard InChI is InChI=1S/C31H30F2N10O3/c1-18-11-19(14-34)40-43(18)31-22(30(32)33)3-5-28(37-31)42-17-35-23-12-24(26(44-2)13-25(23)42)36-27-4-6-29(39-38-27)46-21-7-9-41(10-8-21)20-15-45-16-20/h3-6,11-13,17,20-21,30H,7-10,15-16H2,1-2H3,(H,36,38). The summed E-state index contributed by atoms with van der Waals surface area (Å²) in [5, 5.41) is 25.2. The number of fused-ring (bicyclic) bond motifs is 1. The van der Waals surface area contributed by atoms with E-state index in [1.54, 1.807) is 49.2 Å². The average molecular weight is 629 g/mol. The molecule has 46 heavy (non-hydrogen) atoms. The molecule has 236 valence electrons. The Labute approximate surface area is 262 Å². The number of imidazole rings is 1. The van der Waals surface area contributed by atoms with Gasteiger partial charge >= 0.3 is 0 Å².